The van der Waals surface area contributed by atoms with Gasteiger partial charge in [-0.15, -0.1) is 0 Å². The molecule has 0 saturated heterocycles. The SMILES string of the molecule is C[C@H](N=C1NS(=O)(=O)c2ccccc21)C(=O)NNC(=O)COc1ccc(F)cc1. The average molecular weight is 420 g/mol. The number of aliphatic imine (C=N–C) groups is 1. The lowest BCUT2D eigenvalue weighted by Gasteiger charge is -2.11. The van der Waals surface area contributed by atoms with Crippen LogP contribution in [0, 0.1) is 5.82 Å². The average Bonchev–Trinajstić information content (AvgIpc) is 2.96. The topological polar surface area (TPSA) is 126 Å². The Bertz CT molecular complexity index is 1070. The summed E-state index contributed by atoms with van der Waals surface area (Å²) >= 11 is 0. The summed E-state index contributed by atoms with van der Waals surface area (Å²) in [7, 11) is -3.71. The van der Waals surface area contributed by atoms with Gasteiger partial charge >= 0.3 is 0 Å². The Labute approximate surface area is 166 Å². The first-order valence-electron chi connectivity index (χ1n) is 8.43. The number of halogens is 1. The zero-order valence-electron chi connectivity index (χ0n) is 15.2. The van der Waals surface area contributed by atoms with E-state index < -0.39 is 40.3 Å². The Kier molecular flexibility index (Phi) is 5.78. The first-order chi connectivity index (χ1) is 13.8. The zero-order chi connectivity index (χ0) is 21.0. The standard InChI is InChI=1S/C18H17FN4O5S/c1-11(20-17-14-4-2-3-5-15(14)29(26,27)23-17)18(25)22-21-16(24)10-28-13-8-6-12(19)7-9-13/h2-9,11H,10H2,1H3,(H,20,23)(H,21,24)(H,22,25)/t11-/m0/s1. The van der Waals surface area contributed by atoms with E-state index in [1.807, 2.05) is 0 Å². The molecule has 3 N–H and O–H groups in total. The number of rotatable bonds is 5. The second-order valence-corrected chi connectivity index (χ2v) is 7.69. The zero-order valence-corrected chi connectivity index (χ0v) is 16.0. The Morgan fingerprint density at radius 2 is 1.83 bits per heavy atom. The Morgan fingerprint density at radius 1 is 1.14 bits per heavy atom. The summed E-state index contributed by atoms with van der Waals surface area (Å²) in [4.78, 5) is 28.0. The number of fused-ring (bicyclic) bond motifs is 1. The van der Waals surface area contributed by atoms with E-state index in [1.54, 1.807) is 18.2 Å². The lowest BCUT2D eigenvalue weighted by atomic mass is 10.2. The van der Waals surface area contributed by atoms with Crippen molar-refractivity contribution in [2.45, 2.75) is 17.9 Å². The van der Waals surface area contributed by atoms with Crippen LogP contribution in [0.25, 0.3) is 0 Å². The molecule has 11 heteroatoms. The van der Waals surface area contributed by atoms with E-state index in [0.717, 1.165) is 0 Å². The van der Waals surface area contributed by atoms with E-state index in [2.05, 4.69) is 20.6 Å². The molecule has 2 amide bonds. The number of carbonyl (C=O) groups excluding carboxylic acids is 2. The molecule has 0 fully saturated rings. The minimum Gasteiger partial charge on any atom is -0.484 e. The van der Waals surface area contributed by atoms with Crippen LogP contribution in [0.3, 0.4) is 0 Å². The fourth-order valence-electron chi connectivity index (χ4n) is 2.43. The molecule has 0 saturated carbocycles. The highest BCUT2D eigenvalue weighted by atomic mass is 32.2. The number of sulfonamides is 1. The Morgan fingerprint density at radius 3 is 2.55 bits per heavy atom. The van der Waals surface area contributed by atoms with E-state index in [1.165, 1.54) is 37.3 Å². The van der Waals surface area contributed by atoms with E-state index >= 15 is 0 Å². The van der Waals surface area contributed by atoms with Crippen LogP contribution in [-0.2, 0) is 19.6 Å². The van der Waals surface area contributed by atoms with E-state index in [0.29, 0.717) is 11.3 Å². The van der Waals surface area contributed by atoms with Gasteiger partial charge in [-0.3, -0.25) is 30.2 Å². The number of carbonyl (C=O) groups is 2. The number of hydrogen-bond donors (Lipinski definition) is 3. The van der Waals surface area contributed by atoms with Crippen LogP contribution in [0.5, 0.6) is 5.75 Å². The van der Waals surface area contributed by atoms with Gasteiger partial charge in [-0.2, -0.15) is 0 Å². The summed E-state index contributed by atoms with van der Waals surface area (Å²) in [5.41, 5.74) is 4.71. The van der Waals surface area contributed by atoms with Gasteiger partial charge in [0.15, 0.2) is 6.61 Å². The fourth-order valence-corrected chi connectivity index (χ4v) is 3.67. The van der Waals surface area contributed by atoms with Gasteiger partial charge in [-0.05, 0) is 43.3 Å². The number of hydrazine groups is 1. The molecule has 2 aromatic carbocycles. The molecule has 2 aromatic rings. The first kappa shape index (κ1) is 20.3. The minimum atomic E-state index is -3.71. The second kappa shape index (κ2) is 8.27. The maximum atomic E-state index is 12.8. The van der Waals surface area contributed by atoms with Crippen molar-refractivity contribution in [1.82, 2.24) is 15.6 Å². The molecule has 0 unspecified atom stereocenters. The molecular formula is C18H17FN4O5S. The van der Waals surface area contributed by atoms with Crippen molar-refractivity contribution in [2.75, 3.05) is 6.61 Å². The fraction of sp³-hybridized carbons (Fsp3) is 0.167. The normalized spacial score (nSPS) is 16.4. The van der Waals surface area contributed by atoms with Crippen LogP contribution in [0.1, 0.15) is 12.5 Å². The Balaban J connectivity index is 1.54. The number of hydrogen-bond acceptors (Lipinski definition) is 6. The Hall–Kier alpha value is -3.47. The van der Waals surface area contributed by atoms with Gasteiger partial charge in [0.1, 0.15) is 23.4 Å². The number of nitrogens with one attached hydrogen (secondary N) is 3. The largest absolute Gasteiger partial charge is 0.484 e. The predicted octanol–water partition coefficient (Wildman–Crippen LogP) is 0.479. The van der Waals surface area contributed by atoms with Gasteiger partial charge in [0.25, 0.3) is 21.8 Å². The van der Waals surface area contributed by atoms with Gasteiger partial charge in [0.05, 0.1) is 4.90 Å². The summed E-state index contributed by atoms with van der Waals surface area (Å²) in [6, 6.07) is 10.4. The molecule has 29 heavy (non-hydrogen) atoms. The number of ether oxygens (including phenoxy) is 1. The summed E-state index contributed by atoms with van der Waals surface area (Å²) in [5.74, 6) is -1.39. The summed E-state index contributed by atoms with van der Waals surface area (Å²) in [6.45, 7) is 1.04. The molecule has 1 heterocycles. The maximum absolute atomic E-state index is 12.8. The van der Waals surface area contributed by atoms with Crippen LogP contribution in [-0.4, -0.2) is 38.7 Å². The van der Waals surface area contributed by atoms with Crippen molar-refractivity contribution in [3.05, 3.63) is 59.9 Å². The smallest absolute Gasteiger partial charge is 0.276 e. The van der Waals surface area contributed by atoms with Gasteiger partial charge in [-0.1, -0.05) is 12.1 Å². The first-order valence-corrected chi connectivity index (χ1v) is 9.91. The number of benzene rings is 2. The molecule has 9 nitrogen and oxygen atoms in total. The van der Waals surface area contributed by atoms with Crippen LogP contribution in [0.4, 0.5) is 4.39 Å². The second-order valence-electron chi connectivity index (χ2n) is 6.04. The third kappa shape index (κ3) is 4.88. The van der Waals surface area contributed by atoms with E-state index in [4.69, 9.17) is 4.74 Å². The third-order valence-corrected chi connectivity index (χ3v) is 5.27. The molecule has 0 aromatic heterocycles. The van der Waals surface area contributed by atoms with Crippen molar-refractivity contribution in [3.8, 4) is 5.75 Å². The lowest BCUT2D eigenvalue weighted by Crippen LogP contribution is -2.47. The van der Waals surface area contributed by atoms with Crippen molar-refractivity contribution in [2.24, 2.45) is 4.99 Å². The predicted molar refractivity (Wildman–Crippen MR) is 101 cm³/mol. The number of amides is 2. The molecule has 152 valence electrons. The summed E-state index contributed by atoms with van der Waals surface area (Å²) in [6.07, 6.45) is 0. The summed E-state index contributed by atoms with van der Waals surface area (Å²) < 4.78 is 44.4. The molecule has 1 aliphatic rings. The van der Waals surface area contributed by atoms with Crippen LogP contribution in [0.2, 0.25) is 0 Å². The highest BCUT2D eigenvalue weighted by Gasteiger charge is 2.31. The monoisotopic (exact) mass is 420 g/mol. The third-order valence-electron chi connectivity index (χ3n) is 3.87. The van der Waals surface area contributed by atoms with Crippen molar-refractivity contribution in [3.63, 3.8) is 0 Å². The van der Waals surface area contributed by atoms with Crippen molar-refractivity contribution >= 4 is 27.7 Å². The highest BCUT2D eigenvalue weighted by molar-refractivity contribution is 7.90. The van der Waals surface area contributed by atoms with Crippen LogP contribution in [0.15, 0.2) is 58.4 Å². The van der Waals surface area contributed by atoms with Crippen molar-refractivity contribution < 1.29 is 27.1 Å². The summed E-state index contributed by atoms with van der Waals surface area (Å²) in [5, 5.41) is 0. The van der Waals surface area contributed by atoms with Gasteiger partial charge in [0.2, 0.25) is 0 Å². The highest BCUT2D eigenvalue weighted by Crippen LogP contribution is 2.22. The molecule has 1 atom stereocenters. The van der Waals surface area contributed by atoms with Crippen LogP contribution < -0.4 is 20.3 Å². The molecule has 1 aliphatic heterocycles. The lowest BCUT2D eigenvalue weighted by molar-refractivity contribution is -0.130. The molecule has 3 rings (SSSR count). The quantitative estimate of drug-likeness (QED) is 0.607. The molecule has 0 aliphatic carbocycles. The molecule has 0 radical (unpaired) electrons. The van der Waals surface area contributed by atoms with Gasteiger partial charge in [-0.25, -0.2) is 12.8 Å². The van der Waals surface area contributed by atoms with Gasteiger partial charge < -0.3 is 4.74 Å². The minimum absolute atomic E-state index is 0.0502. The molecule has 0 spiro atoms. The maximum Gasteiger partial charge on any atom is 0.276 e. The van der Waals surface area contributed by atoms with E-state index in [9.17, 15) is 22.4 Å². The molecule has 0 bridgehead atoms. The number of nitrogens with zero attached hydrogens (tertiary/aromatic N) is 1. The number of amidine groups is 1. The van der Waals surface area contributed by atoms with Crippen molar-refractivity contribution in [1.29, 1.82) is 0 Å². The van der Waals surface area contributed by atoms with Gasteiger partial charge in [0, 0.05) is 5.56 Å². The van der Waals surface area contributed by atoms with Crippen LogP contribution >= 0.6 is 0 Å². The molecular weight excluding hydrogens is 403 g/mol. The van der Waals surface area contributed by atoms with E-state index in [-0.39, 0.29) is 10.7 Å².